The van der Waals surface area contributed by atoms with Crippen LogP contribution in [0, 0.1) is 0 Å². The summed E-state index contributed by atoms with van der Waals surface area (Å²) in [6.07, 6.45) is 0.744. The molecule has 2 aromatic rings. The second-order valence-corrected chi connectivity index (χ2v) is 5.88. The smallest absolute Gasteiger partial charge is 0.257 e. The maximum absolute atomic E-state index is 12.6. The van der Waals surface area contributed by atoms with Crippen LogP contribution in [0.3, 0.4) is 0 Å². The second kappa shape index (κ2) is 6.93. The molecular weight excluding hydrogens is 306 g/mol. The van der Waals surface area contributed by atoms with Gasteiger partial charge in [0.1, 0.15) is 17.6 Å². The van der Waals surface area contributed by atoms with Crippen molar-refractivity contribution in [2.24, 2.45) is 0 Å². The van der Waals surface area contributed by atoms with Gasteiger partial charge in [0.05, 0.1) is 25.8 Å². The minimum atomic E-state index is -0.248. The van der Waals surface area contributed by atoms with Gasteiger partial charge in [-0.05, 0) is 29.7 Å². The third-order valence-corrected chi connectivity index (χ3v) is 4.31. The summed E-state index contributed by atoms with van der Waals surface area (Å²) in [5.41, 5.74) is 2.65. The number of phenols is 1. The van der Waals surface area contributed by atoms with Crippen molar-refractivity contribution in [3.8, 4) is 11.5 Å². The minimum absolute atomic E-state index is 0.0869. The van der Waals surface area contributed by atoms with Crippen molar-refractivity contribution >= 4 is 5.91 Å². The van der Waals surface area contributed by atoms with Crippen molar-refractivity contribution in [3.05, 3.63) is 59.2 Å². The lowest BCUT2D eigenvalue weighted by Crippen LogP contribution is -2.33. The number of amides is 1. The molecular formula is C19H21NO4. The molecule has 1 aliphatic heterocycles. The second-order valence-electron chi connectivity index (χ2n) is 5.88. The maximum Gasteiger partial charge on any atom is 0.257 e. The van der Waals surface area contributed by atoms with Crippen LogP contribution in [0.1, 0.15) is 27.6 Å². The van der Waals surface area contributed by atoms with E-state index in [1.54, 1.807) is 24.1 Å². The van der Waals surface area contributed by atoms with Gasteiger partial charge >= 0.3 is 0 Å². The van der Waals surface area contributed by atoms with E-state index < -0.39 is 0 Å². The lowest BCUT2D eigenvalue weighted by molar-refractivity contribution is 0.0199. The summed E-state index contributed by atoms with van der Waals surface area (Å²) in [5.74, 6) is 0.175. The number of phenolic OH excluding ortho intramolecular Hbond substituents is 1. The van der Waals surface area contributed by atoms with E-state index in [0.717, 1.165) is 12.0 Å². The molecule has 3 rings (SSSR count). The van der Waals surface area contributed by atoms with Gasteiger partial charge in [-0.2, -0.15) is 0 Å². The molecule has 1 amide bonds. The summed E-state index contributed by atoms with van der Waals surface area (Å²) in [6, 6.07) is 12.8. The highest BCUT2D eigenvalue weighted by molar-refractivity contribution is 5.96. The number of fused-ring (bicyclic) bond motifs is 1. The van der Waals surface area contributed by atoms with Crippen LogP contribution in [-0.2, 0) is 11.2 Å². The fourth-order valence-corrected chi connectivity index (χ4v) is 2.98. The first-order valence-electron chi connectivity index (χ1n) is 7.92. The van der Waals surface area contributed by atoms with E-state index in [9.17, 15) is 9.90 Å². The number of likely N-dealkylation sites (N-methyl/N-ethyl adjacent to an activating group) is 1. The number of benzene rings is 2. The molecule has 126 valence electrons. The fourth-order valence-electron chi connectivity index (χ4n) is 2.98. The highest BCUT2D eigenvalue weighted by Gasteiger charge is 2.25. The van der Waals surface area contributed by atoms with Gasteiger partial charge in [0.2, 0.25) is 0 Å². The van der Waals surface area contributed by atoms with Crippen LogP contribution < -0.4 is 4.74 Å². The zero-order chi connectivity index (χ0) is 17.1. The van der Waals surface area contributed by atoms with Crippen LogP contribution in [0.4, 0.5) is 0 Å². The number of carbonyl (C=O) groups is 1. The first kappa shape index (κ1) is 16.3. The topological polar surface area (TPSA) is 59.0 Å². The number of nitrogens with zero attached hydrogens (tertiary/aromatic N) is 1. The molecule has 0 radical (unpaired) electrons. The number of carbonyl (C=O) groups excluding carboxylic acids is 1. The lowest BCUT2D eigenvalue weighted by atomic mass is 9.97. The molecule has 0 fully saturated rings. The molecule has 1 heterocycles. The van der Waals surface area contributed by atoms with Crippen LogP contribution in [0.15, 0.2) is 42.5 Å². The number of aromatic hydroxyl groups is 1. The van der Waals surface area contributed by atoms with Gasteiger partial charge < -0.3 is 19.5 Å². The maximum atomic E-state index is 12.6. The van der Waals surface area contributed by atoms with E-state index in [1.165, 1.54) is 18.7 Å². The van der Waals surface area contributed by atoms with Crippen molar-refractivity contribution in [2.75, 3.05) is 27.3 Å². The van der Waals surface area contributed by atoms with Gasteiger partial charge in [-0.3, -0.25) is 4.79 Å². The Labute approximate surface area is 141 Å². The lowest BCUT2D eigenvalue weighted by Gasteiger charge is -2.29. The fraction of sp³-hybridized carbons (Fsp3) is 0.316. The largest absolute Gasteiger partial charge is 0.507 e. The Balaban J connectivity index is 1.76. The molecule has 1 aliphatic rings. The van der Waals surface area contributed by atoms with Gasteiger partial charge in [-0.15, -0.1) is 0 Å². The molecule has 0 saturated heterocycles. The predicted molar refractivity (Wildman–Crippen MR) is 90.5 cm³/mol. The van der Waals surface area contributed by atoms with Gasteiger partial charge in [-0.1, -0.05) is 24.3 Å². The Hall–Kier alpha value is -2.53. The SMILES string of the molecule is COc1ccc(C(=O)N(C)C[C@H]2OCCc3ccccc32)c(O)c1. The van der Waals surface area contributed by atoms with Crippen molar-refractivity contribution in [1.29, 1.82) is 0 Å². The van der Waals surface area contributed by atoms with E-state index in [4.69, 9.17) is 9.47 Å². The number of ether oxygens (including phenoxy) is 2. The van der Waals surface area contributed by atoms with Crippen LogP contribution in [0.5, 0.6) is 11.5 Å². The van der Waals surface area contributed by atoms with Gasteiger partial charge in [-0.25, -0.2) is 0 Å². The van der Waals surface area contributed by atoms with E-state index in [0.29, 0.717) is 18.9 Å². The van der Waals surface area contributed by atoms with Crippen LogP contribution in [0.25, 0.3) is 0 Å². The van der Waals surface area contributed by atoms with Crippen LogP contribution in [0.2, 0.25) is 0 Å². The van der Waals surface area contributed by atoms with Crippen molar-refractivity contribution in [3.63, 3.8) is 0 Å². The first-order chi connectivity index (χ1) is 11.6. The summed E-state index contributed by atoms with van der Waals surface area (Å²) in [6.45, 7) is 1.08. The van der Waals surface area contributed by atoms with Gasteiger partial charge in [0, 0.05) is 13.1 Å². The number of hydrogen-bond donors (Lipinski definition) is 1. The molecule has 1 atom stereocenters. The van der Waals surface area contributed by atoms with E-state index in [-0.39, 0.29) is 23.3 Å². The first-order valence-corrected chi connectivity index (χ1v) is 7.92. The van der Waals surface area contributed by atoms with E-state index in [1.807, 2.05) is 18.2 Å². The highest BCUT2D eigenvalue weighted by Crippen LogP contribution is 2.29. The van der Waals surface area contributed by atoms with Crippen molar-refractivity contribution in [2.45, 2.75) is 12.5 Å². The molecule has 0 saturated carbocycles. The van der Waals surface area contributed by atoms with Crippen LogP contribution in [-0.4, -0.2) is 43.2 Å². The molecule has 0 unspecified atom stereocenters. The van der Waals surface area contributed by atoms with E-state index >= 15 is 0 Å². The predicted octanol–water partition coefficient (Wildman–Crippen LogP) is 2.79. The number of methoxy groups -OCH3 is 1. The number of hydrogen-bond acceptors (Lipinski definition) is 4. The Kier molecular flexibility index (Phi) is 4.71. The molecule has 24 heavy (non-hydrogen) atoms. The average molecular weight is 327 g/mol. The Morgan fingerprint density at radius 2 is 2.12 bits per heavy atom. The number of rotatable bonds is 4. The van der Waals surface area contributed by atoms with Gasteiger partial charge in [0.25, 0.3) is 5.91 Å². The van der Waals surface area contributed by atoms with Crippen molar-refractivity contribution in [1.82, 2.24) is 4.90 Å². The van der Waals surface area contributed by atoms with Crippen LogP contribution >= 0.6 is 0 Å². The Bertz CT molecular complexity index is 744. The molecule has 0 bridgehead atoms. The molecule has 2 aromatic carbocycles. The van der Waals surface area contributed by atoms with Gasteiger partial charge in [0.15, 0.2) is 0 Å². The molecule has 0 aliphatic carbocycles. The normalized spacial score (nSPS) is 16.3. The zero-order valence-corrected chi connectivity index (χ0v) is 13.9. The quantitative estimate of drug-likeness (QED) is 0.938. The minimum Gasteiger partial charge on any atom is -0.507 e. The van der Waals surface area contributed by atoms with E-state index in [2.05, 4.69) is 6.07 Å². The summed E-state index contributed by atoms with van der Waals surface area (Å²) in [5, 5.41) is 10.0. The zero-order valence-electron chi connectivity index (χ0n) is 13.9. The summed E-state index contributed by atoms with van der Waals surface area (Å²) < 4.78 is 10.9. The third-order valence-electron chi connectivity index (χ3n) is 4.31. The monoisotopic (exact) mass is 327 g/mol. The average Bonchev–Trinajstić information content (AvgIpc) is 2.61. The Morgan fingerprint density at radius 3 is 2.88 bits per heavy atom. The third kappa shape index (κ3) is 3.21. The Morgan fingerprint density at radius 1 is 1.33 bits per heavy atom. The molecule has 5 heteroatoms. The van der Waals surface area contributed by atoms with Crippen molar-refractivity contribution < 1.29 is 19.4 Å². The summed E-state index contributed by atoms with van der Waals surface area (Å²) in [4.78, 5) is 14.2. The molecule has 0 aromatic heterocycles. The standard InChI is InChI=1S/C19H21NO4/c1-20(19(22)16-8-7-14(23-2)11-17(16)21)12-18-15-6-4-3-5-13(15)9-10-24-18/h3-8,11,18,21H,9-10,12H2,1-2H3/t18-/m1/s1. The molecule has 0 spiro atoms. The molecule has 5 nitrogen and oxygen atoms in total. The molecule has 1 N–H and O–H groups in total. The highest BCUT2D eigenvalue weighted by atomic mass is 16.5. The summed E-state index contributed by atoms with van der Waals surface area (Å²) >= 11 is 0. The summed E-state index contributed by atoms with van der Waals surface area (Å²) in [7, 11) is 3.23.